The fourth-order valence-electron chi connectivity index (χ4n) is 5.36. The van der Waals surface area contributed by atoms with Crippen molar-refractivity contribution in [2.24, 2.45) is 5.92 Å². The van der Waals surface area contributed by atoms with Crippen molar-refractivity contribution in [1.29, 1.82) is 0 Å². The molecule has 206 valence electrons. The molecule has 0 radical (unpaired) electrons. The lowest BCUT2D eigenvalue weighted by molar-refractivity contribution is -0.353. The van der Waals surface area contributed by atoms with Crippen molar-refractivity contribution in [1.82, 2.24) is 0 Å². The number of carbonyl (C=O) groups is 1. The van der Waals surface area contributed by atoms with E-state index in [-0.39, 0.29) is 24.0 Å². The zero-order valence-electron chi connectivity index (χ0n) is 22.8. The van der Waals surface area contributed by atoms with E-state index < -0.39 is 17.2 Å². The van der Waals surface area contributed by atoms with Crippen LogP contribution in [0.25, 0.3) is 6.08 Å². The van der Waals surface area contributed by atoms with Gasteiger partial charge in [0.25, 0.3) is 0 Å². The maximum atomic E-state index is 12.7. The van der Waals surface area contributed by atoms with E-state index >= 15 is 0 Å². The minimum Gasteiger partial charge on any atom is -0.493 e. The van der Waals surface area contributed by atoms with Crippen molar-refractivity contribution in [3.63, 3.8) is 0 Å². The first-order chi connectivity index (χ1) is 17.7. The van der Waals surface area contributed by atoms with Crippen LogP contribution in [0.2, 0.25) is 0 Å². The van der Waals surface area contributed by atoms with Crippen molar-refractivity contribution in [2.75, 3.05) is 34.3 Å². The van der Waals surface area contributed by atoms with E-state index in [1.807, 2.05) is 0 Å². The summed E-state index contributed by atoms with van der Waals surface area (Å²) in [5.41, 5.74) is 0.456. The molecule has 3 rings (SSSR count). The van der Waals surface area contributed by atoms with Gasteiger partial charge in [-0.25, -0.2) is 4.79 Å². The molecule has 0 spiro atoms. The molecule has 1 aliphatic carbocycles. The van der Waals surface area contributed by atoms with Crippen LogP contribution in [0, 0.1) is 5.92 Å². The number of rotatable bonds is 12. The number of methoxy groups -OCH3 is 4. The Bertz CT molecular complexity index is 979. The van der Waals surface area contributed by atoms with Crippen LogP contribution in [0.4, 0.5) is 0 Å². The Morgan fingerprint density at radius 1 is 1.14 bits per heavy atom. The van der Waals surface area contributed by atoms with Gasteiger partial charge in [-0.1, -0.05) is 11.6 Å². The number of alkyl halides is 1. The first kappa shape index (κ1) is 29.3. The number of hydrogen-bond donors (Lipinski definition) is 0. The summed E-state index contributed by atoms with van der Waals surface area (Å²) in [4.78, 5) is 23.9. The van der Waals surface area contributed by atoms with Crippen molar-refractivity contribution < 1.29 is 38.3 Å². The smallest absolute Gasteiger partial charge is 0.365 e. The Kier molecular flexibility index (Phi) is 9.92. The average Bonchev–Trinajstić information content (AvgIpc) is 3.58. The molecule has 2 fully saturated rings. The first-order valence-electron chi connectivity index (χ1n) is 12.5. The standard InChI is InChI=1S/C28H39ClO8/c1-18(2)10-12-23-27(3,35-23)26-20(31-4)9-8-14-28(26,17-29)37-36-24(30)13-11-19-15-21(32-5)25(34-7)22(16-19)33-6/h10-11,13,15-16,20,23,26H,8-9,12,14,17H2,1-7H3/b13-11+. The number of epoxide rings is 1. The molecule has 0 amide bonds. The average molecular weight is 539 g/mol. The lowest BCUT2D eigenvalue weighted by atomic mass is 9.67. The Balaban J connectivity index is 1.76. The molecule has 1 saturated carbocycles. The third-order valence-electron chi connectivity index (χ3n) is 7.28. The molecule has 1 aromatic carbocycles. The van der Waals surface area contributed by atoms with Crippen LogP contribution in [-0.4, -0.2) is 63.7 Å². The highest BCUT2D eigenvalue weighted by atomic mass is 35.5. The molecule has 1 aliphatic heterocycles. The van der Waals surface area contributed by atoms with Gasteiger partial charge >= 0.3 is 5.97 Å². The number of benzene rings is 1. The van der Waals surface area contributed by atoms with E-state index in [1.54, 1.807) is 25.3 Å². The molecule has 1 heterocycles. The number of halogens is 1. The summed E-state index contributed by atoms with van der Waals surface area (Å²) in [5.74, 6) is 0.673. The molecular weight excluding hydrogens is 500 g/mol. The summed E-state index contributed by atoms with van der Waals surface area (Å²) in [7, 11) is 6.27. The van der Waals surface area contributed by atoms with Gasteiger partial charge in [-0.05, 0) is 70.2 Å². The van der Waals surface area contributed by atoms with Crippen molar-refractivity contribution >= 4 is 23.6 Å². The van der Waals surface area contributed by atoms with Gasteiger partial charge < -0.3 is 23.7 Å². The van der Waals surface area contributed by atoms with Crippen molar-refractivity contribution in [3.05, 3.63) is 35.4 Å². The summed E-state index contributed by atoms with van der Waals surface area (Å²) >= 11 is 6.52. The summed E-state index contributed by atoms with van der Waals surface area (Å²) in [6.45, 7) is 6.19. The number of hydrogen-bond acceptors (Lipinski definition) is 8. The second-order valence-corrected chi connectivity index (χ2v) is 10.2. The molecule has 2 aliphatic rings. The molecule has 1 aromatic rings. The molecule has 9 heteroatoms. The highest BCUT2D eigenvalue weighted by Gasteiger charge is 2.67. The lowest BCUT2D eigenvalue weighted by Crippen LogP contribution is -2.57. The quantitative estimate of drug-likeness (QED) is 0.0860. The predicted molar refractivity (Wildman–Crippen MR) is 141 cm³/mol. The minimum atomic E-state index is -0.939. The Labute approximate surface area is 224 Å². The Hall–Kier alpha value is -2.26. The van der Waals surface area contributed by atoms with E-state index in [0.29, 0.717) is 29.2 Å². The van der Waals surface area contributed by atoms with Crippen LogP contribution < -0.4 is 14.2 Å². The van der Waals surface area contributed by atoms with Gasteiger partial charge in [0.15, 0.2) is 11.5 Å². The number of ether oxygens (including phenoxy) is 5. The van der Waals surface area contributed by atoms with E-state index in [2.05, 4.69) is 26.8 Å². The van der Waals surface area contributed by atoms with Crippen LogP contribution in [-0.2, 0) is 24.0 Å². The van der Waals surface area contributed by atoms with Gasteiger partial charge in [-0.2, -0.15) is 4.89 Å². The molecule has 0 N–H and O–H groups in total. The highest BCUT2D eigenvalue weighted by molar-refractivity contribution is 6.18. The monoisotopic (exact) mass is 538 g/mol. The lowest BCUT2D eigenvalue weighted by Gasteiger charge is -2.46. The van der Waals surface area contributed by atoms with Crippen molar-refractivity contribution in [3.8, 4) is 17.2 Å². The summed E-state index contributed by atoms with van der Waals surface area (Å²) in [6, 6.07) is 3.45. The second kappa shape index (κ2) is 12.5. The normalized spacial score (nSPS) is 29.0. The predicted octanol–water partition coefficient (Wildman–Crippen LogP) is 5.51. The van der Waals surface area contributed by atoms with Crippen molar-refractivity contribution in [2.45, 2.75) is 69.9 Å². The van der Waals surface area contributed by atoms with Crippen LogP contribution in [0.15, 0.2) is 29.9 Å². The second-order valence-electron chi connectivity index (χ2n) is 9.93. The summed E-state index contributed by atoms with van der Waals surface area (Å²) < 4.78 is 28.1. The van der Waals surface area contributed by atoms with E-state index in [9.17, 15) is 4.79 Å². The maximum absolute atomic E-state index is 12.7. The molecule has 1 saturated heterocycles. The zero-order chi connectivity index (χ0) is 27.2. The Morgan fingerprint density at radius 2 is 1.81 bits per heavy atom. The molecule has 5 atom stereocenters. The third kappa shape index (κ3) is 6.42. The first-order valence-corrected chi connectivity index (χ1v) is 13.0. The fraction of sp³-hybridized carbons (Fsp3) is 0.607. The van der Waals surface area contributed by atoms with Crippen LogP contribution in [0.1, 0.15) is 52.0 Å². The van der Waals surface area contributed by atoms with Crippen LogP contribution in [0.3, 0.4) is 0 Å². The molecule has 8 nitrogen and oxygen atoms in total. The SMILES string of the molecule is COc1cc(/C=C/C(=O)OOC2(CCl)CCCC(OC)C2C2(C)OC2CC=C(C)C)cc(OC)c1OC. The fourth-order valence-corrected chi connectivity index (χ4v) is 5.70. The van der Waals surface area contributed by atoms with Gasteiger partial charge in [-0.3, -0.25) is 4.89 Å². The van der Waals surface area contributed by atoms with E-state index in [4.69, 9.17) is 45.1 Å². The molecule has 5 unspecified atom stereocenters. The van der Waals surface area contributed by atoms with E-state index in [1.165, 1.54) is 33.0 Å². The largest absolute Gasteiger partial charge is 0.493 e. The number of carbonyl (C=O) groups excluding carboxylic acids is 1. The minimum absolute atomic E-state index is 0.0185. The van der Waals surface area contributed by atoms with Gasteiger partial charge in [-0.15, -0.1) is 11.6 Å². The van der Waals surface area contributed by atoms with Crippen LogP contribution in [0.5, 0.6) is 17.2 Å². The third-order valence-corrected chi connectivity index (χ3v) is 7.73. The summed E-state index contributed by atoms with van der Waals surface area (Å²) in [5, 5.41) is 0. The van der Waals surface area contributed by atoms with Gasteiger partial charge in [0, 0.05) is 13.2 Å². The van der Waals surface area contributed by atoms with E-state index in [0.717, 1.165) is 19.3 Å². The summed E-state index contributed by atoms with van der Waals surface area (Å²) in [6.07, 6.45) is 8.01. The molecule has 37 heavy (non-hydrogen) atoms. The Morgan fingerprint density at radius 3 is 2.35 bits per heavy atom. The number of allylic oxidation sites excluding steroid dienone is 1. The highest BCUT2D eigenvalue weighted by Crippen LogP contribution is 2.55. The van der Waals surface area contributed by atoms with Gasteiger partial charge in [0.05, 0.1) is 45.3 Å². The molecular formula is C28H39ClO8. The maximum Gasteiger partial charge on any atom is 0.365 e. The van der Waals surface area contributed by atoms with Gasteiger partial charge in [0.1, 0.15) is 11.2 Å². The molecule has 0 bridgehead atoms. The van der Waals surface area contributed by atoms with Crippen LogP contribution >= 0.6 is 11.6 Å². The van der Waals surface area contributed by atoms with Gasteiger partial charge in [0.2, 0.25) is 5.75 Å². The topological polar surface area (TPSA) is 85.0 Å². The molecule has 0 aromatic heterocycles. The zero-order valence-corrected chi connectivity index (χ0v) is 23.6.